The zero-order chi connectivity index (χ0) is 18.6. The minimum absolute atomic E-state index is 0.194. The summed E-state index contributed by atoms with van der Waals surface area (Å²) >= 11 is 1.51. The third-order valence-electron chi connectivity index (χ3n) is 4.28. The Labute approximate surface area is 161 Å². The van der Waals surface area contributed by atoms with Gasteiger partial charge in [0.25, 0.3) is 0 Å². The molecular weight excluding hydrogens is 361 g/mol. The fourth-order valence-corrected chi connectivity index (χ4v) is 3.85. The predicted octanol–water partition coefficient (Wildman–Crippen LogP) is 4.92. The number of ether oxygens (including phenoxy) is 1. The third kappa shape index (κ3) is 3.80. The van der Waals surface area contributed by atoms with Crippen molar-refractivity contribution in [3.8, 4) is 5.75 Å². The van der Waals surface area contributed by atoms with Gasteiger partial charge in [-0.25, -0.2) is 14.4 Å². The molecule has 0 amide bonds. The van der Waals surface area contributed by atoms with Gasteiger partial charge in [-0.05, 0) is 41.5 Å². The van der Waals surface area contributed by atoms with Crippen molar-refractivity contribution in [3.63, 3.8) is 0 Å². The number of methoxy groups -OCH3 is 1. The Kier molecular flexibility index (Phi) is 5.07. The van der Waals surface area contributed by atoms with Gasteiger partial charge in [-0.1, -0.05) is 42.1 Å². The molecule has 0 aliphatic rings. The molecule has 4 aromatic rings. The van der Waals surface area contributed by atoms with E-state index in [-0.39, 0.29) is 5.82 Å². The Morgan fingerprint density at radius 3 is 2.63 bits per heavy atom. The van der Waals surface area contributed by atoms with Crippen molar-refractivity contribution in [2.75, 3.05) is 7.11 Å². The van der Waals surface area contributed by atoms with Crippen molar-refractivity contribution in [2.45, 2.75) is 17.5 Å². The molecule has 0 N–H and O–H groups in total. The second-order valence-electron chi connectivity index (χ2n) is 6.05. The molecule has 4 rings (SSSR count). The van der Waals surface area contributed by atoms with E-state index in [1.807, 2.05) is 42.5 Å². The first-order valence-electron chi connectivity index (χ1n) is 8.55. The second-order valence-corrected chi connectivity index (χ2v) is 7.00. The Bertz CT molecular complexity index is 1060. The van der Waals surface area contributed by atoms with Crippen molar-refractivity contribution in [3.05, 3.63) is 83.8 Å². The standard InChI is InChI=1S/C21H18FN3OS/c1-26-17-10-8-15(9-11-17)13-25-20-19(7-4-12-23-20)24-21(25)27-14-16-5-2-3-6-18(16)22/h2-12H,13-14H2,1H3. The van der Waals surface area contributed by atoms with Gasteiger partial charge < -0.3 is 4.74 Å². The molecule has 0 unspecified atom stereocenters. The molecule has 6 heteroatoms. The monoisotopic (exact) mass is 379 g/mol. The first kappa shape index (κ1) is 17.5. The molecule has 0 saturated heterocycles. The number of halogens is 1. The van der Waals surface area contributed by atoms with Gasteiger partial charge in [0, 0.05) is 11.9 Å². The molecule has 0 fully saturated rings. The van der Waals surface area contributed by atoms with Gasteiger partial charge >= 0.3 is 0 Å². The van der Waals surface area contributed by atoms with Gasteiger partial charge in [-0.15, -0.1) is 0 Å². The molecule has 2 aromatic heterocycles. The van der Waals surface area contributed by atoms with Crippen molar-refractivity contribution in [1.29, 1.82) is 0 Å². The van der Waals surface area contributed by atoms with E-state index in [0.717, 1.165) is 27.6 Å². The molecule has 0 aliphatic carbocycles. The first-order valence-corrected chi connectivity index (χ1v) is 9.53. The predicted molar refractivity (Wildman–Crippen MR) is 106 cm³/mol. The van der Waals surface area contributed by atoms with Crippen LogP contribution in [0.15, 0.2) is 72.0 Å². The Balaban J connectivity index is 1.65. The van der Waals surface area contributed by atoms with Crippen LogP contribution in [0.4, 0.5) is 4.39 Å². The summed E-state index contributed by atoms with van der Waals surface area (Å²) in [6.07, 6.45) is 1.76. The summed E-state index contributed by atoms with van der Waals surface area (Å²) in [6.45, 7) is 0.636. The summed E-state index contributed by atoms with van der Waals surface area (Å²) in [5.41, 5.74) is 3.44. The van der Waals surface area contributed by atoms with E-state index in [1.165, 1.54) is 17.8 Å². The summed E-state index contributed by atoms with van der Waals surface area (Å²) in [6, 6.07) is 18.6. The number of aromatic nitrogens is 3. The van der Waals surface area contributed by atoms with Gasteiger partial charge in [-0.2, -0.15) is 0 Å². The molecule has 0 bridgehead atoms. The zero-order valence-electron chi connectivity index (χ0n) is 14.8. The molecule has 0 aliphatic heterocycles. The van der Waals surface area contributed by atoms with Crippen LogP contribution >= 0.6 is 11.8 Å². The smallest absolute Gasteiger partial charge is 0.170 e. The molecule has 27 heavy (non-hydrogen) atoms. The van der Waals surface area contributed by atoms with Crippen LogP contribution in [-0.4, -0.2) is 21.6 Å². The number of rotatable bonds is 6. The van der Waals surface area contributed by atoms with Gasteiger partial charge in [-0.3, -0.25) is 4.57 Å². The quantitative estimate of drug-likeness (QED) is 0.446. The van der Waals surface area contributed by atoms with Crippen LogP contribution in [0.2, 0.25) is 0 Å². The maximum atomic E-state index is 14.0. The third-order valence-corrected chi connectivity index (χ3v) is 5.31. The lowest BCUT2D eigenvalue weighted by atomic mass is 10.2. The highest BCUT2D eigenvalue weighted by Gasteiger charge is 2.14. The van der Waals surface area contributed by atoms with E-state index >= 15 is 0 Å². The lowest BCUT2D eigenvalue weighted by Crippen LogP contribution is -2.03. The lowest BCUT2D eigenvalue weighted by molar-refractivity contribution is 0.414. The van der Waals surface area contributed by atoms with E-state index in [9.17, 15) is 4.39 Å². The molecule has 0 atom stereocenters. The zero-order valence-corrected chi connectivity index (χ0v) is 15.6. The van der Waals surface area contributed by atoms with Crippen LogP contribution < -0.4 is 4.74 Å². The molecule has 2 aromatic carbocycles. The lowest BCUT2D eigenvalue weighted by Gasteiger charge is -2.09. The molecule has 0 spiro atoms. The van der Waals surface area contributed by atoms with E-state index in [1.54, 1.807) is 25.4 Å². The largest absolute Gasteiger partial charge is 0.497 e. The number of hydrogen-bond donors (Lipinski definition) is 0. The average Bonchev–Trinajstić information content (AvgIpc) is 3.05. The minimum Gasteiger partial charge on any atom is -0.497 e. The van der Waals surface area contributed by atoms with Crippen molar-refractivity contribution >= 4 is 22.9 Å². The molecule has 0 radical (unpaired) electrons. The summed E-state index contributed by atoms with van der Waals surface area (Å²) in [5.74, 6) is 1.14. The fourth-order valence-electron chi connectivity index (χ4n) is 2.86. The Hall–Kier alpha value is -2.86. The average molecular weight is 379 g/mol. The van der Waals surface area contributed by atoms with Crippen molar-refractivity contribution < 1.29 is 9.13 Å². The van der Waals surface area contributed by atoms with Gasteiger partial charge in [0.1, 0.15) is 17.1 Å². The Morgan fingerprint density at radius 1 is 1.04 bits per heavy atom. The highest BCUT2D eigenvalue weighted by molar-refractivity contribution is 7.98. The number of thioether (sulfide) groups is 1. The maximum Gasteiger partial charge on any atom is 0.170 e. The molecule has 0 saturated carbocycles. The van der Waals surface area contributed by atoms with Crippen LogP contribution in [-0.2, 0) is 12.3 Å². The molecular formula is C21H18FN3OS. The molecule has 2 heterocycles. The number of imidazole rings is 1. The second kappa shape index (κ2) is 7.80. The van der Waals surface area contributed by atoms with Crippen LogP contribution in [0.5, 0.6) is 5.75 Å². The maximum absolute atomic E-state index is 14.0. The van der Waals surface area contributed by atoms with Crippen LogP contribution in [0, 0.1) is 5.82 Å². The number of fused-ring (bicyclic) bond motifs is 1. The summed E-state index contributed by atoms with van der Waals surface area (Å²) in [5, 5.41) is 0.822. The Morgan fingerprint density at radius 2 is 1.85 bits per heavy atom. The summed E-state index contributed by atoms with van der Waals surface area (Å²) in [7, 11) is 1.65. The normalized spacial score (nSPS) is 11.0. The highest BCUT2D eigenvalue weighted by Crippen LogP contribution is 2.27. The fraction of sp³-hybridized carbons (Fsp3) is 0.143. The summed E-state index contributed by atoms with van der Waals surface area (Å²) < 4.78 is 21.2. The van der Waals surface area contributed by atoms with E-state index < -0.39 is 0 Å². The molecule has 136 valence electrons. The van der Waals surface area contributed by atoms with E-state index in [0.29, 0.717) is 17.9 Å². The number of pyridine rings is 1. The minimum atomic E-state index is -0.194. The number of nitrogens with zero attached hydrogens (tertiary/aromatic N) is 3. The number of benzene rings is 2. The topological polar surface area (TPSA) is 39.9 Å². The van der Waals surface area contributed by atoms with Crippen LogP contribution in [0.1, 0.15) is 11.1 Å². The molecule has 4 nitrogen and oxygen atoms in total. The van der Waals surface area contributed by atoms with Gasteiger partial charge in [0.05, 0.1) is 13.7 Å². The highest BCUT2D eigenvalue weighted by atomic mass is 32.2. The van der Waals surface area contributed by atoms with Gasteiger partial charge in [0.15, 0.2) is 10.8 Å². The van der Waals surface area contributed by atoms with Crippen molar-refractivity contribution in [2.24, 2.45) is 0 Å². The van der Waals surface area contributed by atoms with Gasteiger partial charge in [0.2, 0.25) is 0 Å². The van der Waals surface area contributed by atoms with Crippen LogP contribution in [0.3, 0.4) is 0 Å². The van der Waals surface area contributed by atoms with E-state index in [4.69, 9.17) is 9.72 Å². The first-order chi connectivity index (χ1) is 13.2. The number of hydrogen-bond acceptors (Lipinski definition) is 4. The SMILES string of the molecule is COc1ccc(Cn2c(SCc3ccccc3F)nc3cccnc32)cc1. The van der Waals surface area contributed by atoms with Crippen LogP contribution in [0.25, 0.3) is 11.2 Å². The van der Waals surface area contributed by atoms with Crippen molar-refractivity contribution in [1.82, 2.24) is 14.5 Å². The summed E-state index contributed by atoms with van der Waals surface area (Å²) in [4.78, 5) is 9.20. The van der Waals surface area contributed by atoms with E-state index in [2.05, 4.69) is 9.55 Å².